The third-order valence-electron chi connectivity index (χ3n) is 3.21. The smallest absolute Gasteiger partial charge is 0.261 e. The molecule has 0 saturated heterocycles. The van der Waals surface area contributed by atoms with Crippen molar-refractivity contribution in [3.05, 3.63) is 83.0 Å². The molecular formula is C18H11ClF2N2O2. The number of halogens is 3. The summed E-state index contributed by atoms with van der Waals surface area (Å²) in [5, 5.41) is 2.83. The molecule has 0 aliphatic heterocycles. The number of aromatic nitrogens is 1. The predicted octanol–water partition coefficient (Wildman–Crippen LogP) is 5.06. The quantitative estimate of drug-likeness (QED) is 0.707. The van der Waals surface area contributed by atoms with E-state index in [9.17, 15) is 13.6 Å². The molecule has 126 valence electrons. The molecule has 0 bridgehead atoms. The van der Waals surface area contributed by atoms with Crippen LogP contribution < -0.4 is 10.1 Å². The molecule has 0 radical (unpaired) electrons. The van der Waals surface area contributed by atoms with E-state index in [0.717, 1.165) is 12.1 Å². The molecule has 0 saturated carbocycles. The van der Waals surface area contributed by atoms with Crippen LogP contribution >= 0.6 is 11.6 Å². The maximum absolute atomic E-state index is 13.7. The monoisotopic (exact) mass is 360 g/mol. The Bertz CT molecular complexity index is 934. The predicted molar refractivity (Wildman–Crippen MR) is 90.1 cm³/mol. The van der Waals surface area contributed by atoms with Crippen molar-refractivity contribution in [1.29, 1.82) is 0 Å². The zero-order valence-electron chi connectivity index (χ0n) is 12.7. The third-order valence-corrected chi connectivity index (χ3v) is 3.44. The number of hydrogen-bond acceptors (Lipinski definition) is 3. The second-order valence-corrected chi connectivity index (χ2v) is 5.43. The van der Waals surface area contributed by atoms with Gasteiger partial charge in [-0.3, -0.25) is 4.79 Å². The van der Waals surface area contributed by atoms with Crippen molar-refractivity contribution in [2.45, 2.75) is 0 Å². The number of nitrogens with zero attached hydrogens (tertiary/aromatic N) is 1. The second-order valence-electron chi connectivity index (χ2n) is 4.99. The molecule has 3 rings (SSSR count). The fourth-order valence-corrected chi connectivity index (χ4v) is 2.25. The Morgan fingerprint density at radius 2 is 1.92 bits per heavy atom. The summed E-state index contributed by atoms with van der Waals surface area (Å²) in [6, 6.07) is 12.5. The highest BCUT2D eigenvalue weighted by molar-refractivity contribution is 6.30. The molecular weight excluding hydrogens is 350 g/mol. The first kappa shape index (κ1) is 16.9. The molecule has 4 nitrogen and oxygen atoms in total. The summed E-state index contributed by atoms with van der Waals surface area (Å²) in [7, 11) is 0. The Balaban J connectivity index is 1.85. The Hall–Kier alpha value is -2.99. The Kier molecular flexibility index (Phi) is 4.90. The van der Waals surface area contributed by atoms with Gasteiger partial charge in [-0.15, -0.1) is 0 Å². The molecule has 1 amide bonds. The Morgan fingerprint density at radius 1 is 1.08 bits per heavy atom. The number of ether oxygens (including phenoxy) is 1. The molecule has 0 spiro atoms. The summed E-state index contributed by atoms with van der Waals surface area (Å²) in [6.45, 7) is 0. The van der Waals surface area contributed by atoms with Gasteiger partial charge in [-0.2, -0.15) is 0 Å². The second kappa shape index (κ2) is 7.27. The van der Waals surface area contributed by atoms with Crippen molar-refractivity contribution < 1.29 is 18.3 Å². The van der Waals surface area contributed by atoms with E-state index >= 15 is 0 Å². The standard InChI is InChI=1S/C18H11ClF2N2O2/c19-11-3-1-4-13(9-11)25-18-14(5-2-8-22-18)17(24)23-16-7-6-12(20)10-15(16)21/h1-10H,(H,23,24). The first-order chi connectivity index (χ1) is 12.0. The average molecular weight is 361 g/mol. The van der Waals surface area contributed by atoms with Crippen molar-refractivity contribution in [2.24, 2.45) is 0 Å². The lowest BCUT2D eigenvalue weighted by molar-refractivity contribution is 0.102. The number of amides is 1. The van der Waals surface area contributed by atoms with Crippen LogP contribution in [0.1, 0.15) is 10.4 Å². The van der Waals surface area contributed by atoms with Crippen molar-refractivity contribution in [3.8, 4) is 11.6 Å². The van der Waals surface area contributed by atoms with E-state index in [-0.39, 0.29) is 17.1 Å². The number of rotatable bonds is 4. The maximum atomic E-state index is 13.7. The van der Waals surface area contributed by atoms with Gasteiger partial charge in [0, 0.05) is 17.3 Å². The van der Waals surface area contributed by atoms with E-state index in [0.29, 0.717) is 16.8 Å². The van der Waals surface area contributed by atoms with Crippen LogP contribution in [0.15, 0.2) is 60.8 Å². The summed E-state index contributed by atoms with van der Waals surface area (Å²) in [6.07, 6.45) is 1.45. The van der Waals surface area contributed by atoms with E-state index in [1.165, 1.54) is 12.3 Å². The molecule has 3 aromatic rings. The first-order valence-electron chi connectivity index (χ1n) is 7.18. The molecule has 0 atom stereocenters. The average Bonchev–Trinajstić information content (AvgIpc) is 2.58. The van der Waals surface area contributed by atoms with Crippen LogP contribution in [0.5, 0.6) is 11.6 Å². The van der Waals surface area contributed by atoms with Crippen molar-refractivity contribution in [2.75, 3.05) is 5.32 Å². The van der Waals surface area contributed by atoms with Crippen LogP contribution in [0, 0.1) is 11.6 Å². The van der Waals surface area contributed by atoms with Crippen molar-refractivity contribution in [3.63, 3.8) is 0 Å². The molecule has 1 N–H and O–H groups in total. The Labute approximate surface area is 147 Å². The van der Waals surface area contributed by atoms with E-state index < -0.39 is 17.5 Å². The highest BCUT2D eigenvalue weighted by Gasteiger charge is 2.16. The van der Waals surface area contributed by atoms with Crippen molar-refractivity contribution in [1.82, 2.24) is 4.98 Å². The van der Waals surface area contributed by atoms with Gasteiger partial charge in [-0.25, -0.2) is 13.8 Å². The molecule has 1 heterocycles. The maximum Gasteiger partial charge on any atom is 0.261 e. The van der Waals surface area contributed by atoms with Gasteiger partial charge in [0.2, 0.25) is 5.88 Å². The number of hydrogen-bond donors (Lipinski definition) is 1. The number of pyridine rings is 1. The van der Waals surface area contributed by atoms with Crippen LogP contribution in [0.4, 0.5) is 14.5 Å². The summed E-state index contributed by atoms with van der Waals surface area (Å²) in [5.41, 5.74) is -0.0600. The molecule has 2 aromatic carbocycles. The zero-order chi connectivity index (χ0) is 17.8. The van der Waals surface area contributed by atoms with E-state index in [1.54, 1.807) is 30.3 Å². The minimum Gasteiger partial charge on any atom is -0.438 e. The van der Waals surface area contributed by atoms with E-state index in [1.807, 2.05) is 0 Å². The summed E-state index contributed by atoms with van der Waals surface area (Å²) in [5.74, 6) is -1.83. The molecule has 25 heavy (non-hydrogen) atoms. The Morgan fingerprint density at radius 3 is 2.68 bits per heavy atom. The fraction of sp³-hybridized carbons (Fsp3) is 0. The fourth-order valence-electron chi connectivity index (χ4n) is 2.07. The number of carbonyl (C=O) groups is 1. The van der Waals surface area contributed by atoms with Gasteiger partial charge in [-0.1, -0.05) is 17.7 Å². The molecule has 0 aliphatic carbocycles. The third kappa shape index (κ3) is 4.10. The van der Waals surface area contributed by atoms with Gasteiger partial charge in [0.05, 0.1) is 5.69 Å². The molecule has 0 aliphatic rings. The molecule has 7 heteroatoms. The lowest BCUT2D eigenvalue weighted by Gasteiger charge is -2.11. The molecule has 0 fully saturated rings. The number of anilines is 1. The van der Waals surface area contributed by atoms with Crippen LogP contribution in [0.3, 0.4) is 0 Å². The summed E-state index contributed by atoms with van der Waals surface area (Å²) < 4.78 is 32.2. The van der Waals surface area contributed by atoms with Gasteiger partial charge in [0.1, 0.15) is 22.9 Å². The van der Waals surface area contributed by atoms with Gasteiger partial charge in [0.15, 0.2) is 0 Å². The number of benzene rings is 2. The van der Waals surface area contributed by atoms with Crippen LogP contribution in [0.2, 0.25) is 5.02 Å². The van der Waals surface area contributed by atoms with E-state index in [4.69, 9.17) is 16.3 Å². The summed E-state index contributed by atoms with van der Waals surface area (Å²) >= 11 is 5.90. The SMILES string of the molecule is O=C(Nc1ccc(F)cc1F)c1cccnc1Oc1cccc(Cl)c1. The van der Waals surface area contributed by atoms with Gasteiger partial charge in [0.25, 0.3) is 5.91 Å². The summed E-state index contributed by atoms with van der Waals surface area (Å²) in [4.78, 5) is 16.4. The lowest BCUT2D eigenvalue weighted by atomic mass is 10.2. The minimum absolute atomic E-state index is 0.0322. The topological polar surface area (TPSA) is 51.2 Å². The zero-order valence-corrected chi connectivity index (χ0v) is 13.4. The lowest BCUT2D eigenvalue weighted by Crippen LogP contribution is -2.14. The van der Waals surface area contributed by atoms with Crippen LogP contribution in [-0.2, 0) is 0 Å². The van der Waals surface area contributed by atoms with Crippen LogP contribution in [-0.4, -0.2) is 10.9 Å². The highest BCUT2D eigenvalue weighted by Crippen LogP contribution is 2.26. The van der Waals surface area contributed by atoms with Crippen molar-refractivity contribution >= 4 is 23.2 Å². The highest BCUT2D eigenvalue weighted by atomic mass is 35.5. The number of nitrogens with one attached hydrogen (secondary N) is 1. The minimum atomic E-state index is -0.880. The largest absolute Gasteiger partial charge is 0.438 e. The molecule has 0 unspecified atom stereocenters. The normalized spacial score (nSPS) is 10.4. The van der Waals surface area contributed by atoms with Gasteiger partial charge >= 0.3 is 0 Å². The first-order valence-corrected chi connectivity index (χ1v) is 7.55. The number of carbonyl (C=O) groups excluding carboxylic acids is 1. The van der Waals surface area contributed by atoms with Gasteiger partial charge < -0.3 is 10.1 Å². The van der Waals surface area contributed by atoms with E-state index in [2.05, 4.69) is 10.3 Å². The van der Waals surface area contributed by atoms with Gasteiger partial charge in [-0.05, 0) is 42.5 Å². The molecule has 1 aromatic heterocycles. The van der Waals surface area contributed by atoms with Crippen LogP contribution in [0.25, 0.3) is 0 Å².